The van der Waals surface area contributed by atoms with Crippen LogP contribution in [0.5, 0.6) is 0 Å². The first kappa shape index (κ1) is 18.7. The molecule has 26 heavy (non-hydrogen) atoms. The number of nitrogens with zero attached hydrogens (tertiary/aromatic N) is 2. The van der Waals surface area contributed by atoms with Crippen molar-refractivity contribution in [2.24, 2.45) is 0 Å². The van der Waals surface area contributed by atoms with E-state index in [0.29, 0.717) is 35.4 Å². The molecule has 0 saturated heterocycles. The molecule has 2 aromatic carbocycles. The molecule has 6 heteroatoms. The monoisotopic (exact) mass is 390 g/mol. The van der Waals surface area contributed by atoms with Crippen LogP contribution in [0, 0.1) is 0 Å². The predicted molar refractivity (Wildman–Crippen MR) is 105 cm³/mol. The summed E-state index contributed by atoms with van der Waals surface area (Å²) >= 11 is 12.1. The summed E-state index contributed by atoms with van der Waals surface area (Å²) in [6.07, 6.45) is 1.12. The van der Waals surface area contributed by atoms with Crippen LogP contribution in [0.4, 0.5) is 5.69 Å². The van der Waals surface area contributed by atoms with E-state index in [-0.39, 0.29) is 18.2 Å². The second kappa shape index (κ2) is 8.11. The molecule has 0 aromatic heterocycles. The number of anilines is 1. The molecule has 2 amide bonds. The summed E-state index contributed by atoms with van der Waals surface area (Å²) in [5.41, 5.74) is 3.10. The highest BCUT2D eigenvalue weighted by Gasteiger charge is 2.22. The minimum Gasteiger partial charge on any atom is -0.338 e. The molecule has 1 aliphatic heterocycles. The lowest BCUT2D eigenvalue weighted by Gasteiger charge is -2.30. The topological polar surface area (TPSA) is 40.6 Å². The Hall–Kier alpha value is -2.04. The molecule has 0 fully saturated rings. The van der Waals surface area contributed by atoms with Crippen molar-refractivity contribution in [1.29, 1.82) is 0 Å². The summed E-state index contributed by atoms with van der Waals surface area (Å²) in [5.74, 6) is -0.112. The zero-order valence-electron chi connectivity index (χ0n) is 14.5. The molecule has 0 N–H and O–H groups in total. The standard InChI is InChI=1S/C20H20Cl2N2O2/c1-14(25)24(19-11-17(21)10-18(22)12-19)9-7-20(26)23-8-6-15-4-2-3-5-16(15)13-23/h2-5,10-12H,6-9,13H2,1H3. The number of hydrogen-bond donors (Lipinski definition) is 0. The number of rotatable bonds is 4. The Morgan fingerprint density at radius 2 is 1.73 bits per heavy atom. The zero-order chi connectivity index (χ0) is 18.7. The van der Waals surface area contributed by atoms with Gasteiger partial charge in [0.15, 0.2) is 0 Å². The molecule has 4 nitrogen and oxygen atoms in total. The Morgan fingerprint density at radius 1 is 1.08 bits per heavy atom. The van der Waals surface area contributed by atoms with Crippen LogP contribution >= 0.6 is 23.2 Å². The summed E-state index contributed by atoms with van der Waals surface area (Å²) < 4.78 is 0. The van der Waals surface area contributed by atoms with Crippen molar-refractivity contribution in [3.8, 4) is 0 Å². The van der Waals surface area contributed by atoms with Gasteiger partial charge in [-0.05, 0) is 35.7 Å². The number of carbonyl (C=O) groups is 2. The Kier molecular flexibility index (Phi) is 5.84. The average molecular weight is 391 g/mol. The van der Waals surface area contributed by atoms with Gasteiger partial charge in [0.05, 0.1) is 0 Å². The number of amides is 2. The van der Waals surface area contributed by atoms with Gasteiger partial charge in [0.25, 0.3) is 0 Å². The van der Waals surface area contributed by atoms with E-state index in [4.69, 9.17) is 23.2 Å². The maximum atomic E-state index is 12.6. The van der Waals surface area contributed by atoms with Gasteiger partial charge in [0.2, 0.25) is 11.8 Å². The Balaban J connectivity index is 1.66. The Morgan fingerprint density at radius 3 is 2.38 bits per heavy atom. The van der Waals surface area contributed by atoms with E-state index in [1.807, 2.05) is 17.0 Å². The van der Waals surface area contributed by atoms with E-state index in [1.165, 1.54) is 23.0 Å². The summed E-state index contributed by atoms with van der Waals surface area (Å²) in [6.45, 7) is 3.09. The largest absolute Gasteiger partial charge is 0.338 e. The lowest BCUT2D eigenvalue weighted by molar-refractivity contribution is -0.131. The highest BCUT2D eigenvalue weighted by atomic mass is 35.5. The van der Waals surface area contributed by atoms with Gasteiger partial charge >= 0.3 is 0 Å². The average Bonchev–Trinajstić information content (AvgIpc) is 2.60. The maximum Gasteiger partial charge on any atom is 0.224 e. The lowest BCUT2D eigenvalue weighted by atomic mass is 10.00. The summed E-state index contributed by atoms with van der Waals surface area (Å²) in [6, 6.07) is 13.2. The van der Waals surface area contributed by atoms with Gasteiger partial charge in [-0.2, -0.15) is 0 Å². The highest BCUT2D eigenvalue weighted by Crippen LogP contribution is 2.26. The van der Waals surface area contributed by atoms with Crippen molar-refractivity contribution in [3.63, 3.8) is 0 Å². The van der Waals surface area contributed by atoms with Crippen molar-refractivity contribution in [2.45, 2.75) is 26.3 Å². The van der Waals surface area contributed by atoms with Gasteiger partial charge < -0.3 is 9.80 Å². The van der Waals surface area contributed by atoms with Crippen LogP contribution in [-0.4, -0.2) is 29.8 Å². The molecular weight excluding hydrogens is 371 g/mol. The number of fused-ring (bicyclic) bond motifs is 1. The Labute approximate surface area is 163 Å². The molecule has 0 aliphatic carbocycles. The molecule has 0 radical (unpaired) electrons. The van der Waals surface area contributed by atoms with E-state index in [1.54, 1.807) is 18.2 Å². The van der Waals surface area contributed by atoms with Crippen molar-refractivity contribution < 1.29 is 9.59 Å². The second-order valence-electron chi connectivity index (χ2n) is 6.38. The third kappa shape index (κ3) is 4.37. The maximum absolute atomic E-state index is 12.6. The second-order valence-corrected chi connectivity index (χ2v) is 7.26. The molecular formula is C20H20Cl2N2O2. The predicted octanol–water partition coefficient (Wildman–Crippen LogP) is 4.32. The Bertz CT molecular complexity index is 818. The first-order valence-corrected chi connectivity index (χ1v) is 9.28. The van der Waals surface area contributed by atoms with E-state index in [9.17, 15) is 9.59 Å². The van der Waals surface area contributed by atoms with Crippen LogP contribution in [0.15, 0.2) is 42.5 Å². The fraction of sp³-hybridized carbons (Fsp3) is 0.300. The molecule has 1 heterocycles. The smallest absolute Gasteiger partial charge is 0.224 e. The molecule has 0 bridgehead atoms. The molecule has 136 valence electrons. The lowest BCUT2D eigenvalue weighted by Crippen LogP contribution is -2.39. The molecule has 1 aliphatic rings. The summed E-state index contributed by atoms with van der Waals surface area (Å²) in [5, 5.41) is 0.912. The van der Waals surface area contributed by atoms with Crippen LogP contribution < -0.4 is 4.90 Å². The summed E-state index contributed by atoms with van der Waals surface area (Å²) in [7, 11) is 0. The van der Waals surface area contributed by atoms with Gasteiger partial charge in [0, 0.05) is 48.7 Å². The van der Waals surface area contributed by atoms with E-state index < -0.39 is 0 Å². The van der Waals surface area contributed by atoms with Crippen molar-refractivity contribution in [2.75, 3.05) is 18.0 Å². The van der Waals surface area contributed by atoms with Gasteiger partial charge in [-0.15, -0.1) is 0 Å². The van der Waals surface area contributed by atoms with E-state index >= 15 is 0 Å². The molecule has 0 unspecified atom stereocenters. The fourth-order valence-electron chi connectivity index (χ4n) is 3.24. The normalized spacial score (nSPS) is 13.3. The zero-order valence-corrected chi connectivity index (χ0v) is 16.1. The van der Waals surface area contributed by atoms with E-state index in [2.05, 4.69) is 12.1 Å². The van der Waals surface area contributed by atoms with Crippen LogP contribution in [0.2, 0.25) is 10.0 Å². The molecule has 0 spiro atoms. The van der Waals surface area contributed by atoms with Crippen LogP contribution in [0.1, 0.15) is 24.5 Å². The van der Waals surface area contributed by atoms with Gasteiger partial charge in [-0.1, -0.05) is 47.5 Å². The first-order valence-electron chi connectivity index (χ1n) is 8.53. The van der Waals surface area contributed by atoms with Gasteiger partial charge in [0.1, 0.15) is 0 Å². The molecule has 3 rings (SSSR count). The highest BCUT2D eigenvalue weighted by molar-refractivity contribution is 6.35. The third-order valence-electron chi connectivity index (χ3n) is 4.57. The first-order chi connectivity index (χ1) is 12.4. The van der Waals surface area contributed by atoms with Crippen LogP contribution in [-0.2, 0) is 22.6 Å². The van der Waals surface area contributed by atoms with Crippen LogP contribution in [0.3, 0.4) is 0 Å². The molecule has 2 aromatic rings. The number of carbonyl (C=O) groups excluding carboxylic acids is 2. The van der Waals surface area contributed by atoms with Crippen molar-refractivity contribution >= 4 is 40.7 Å². The summed E-state index contributed by atoms with van der Waals surface area (Å²) in [4.78, 5) is 28.1. The fourth-order valence-corrected chi connectivity index (χ4v) is 3.75. The molecule has 0 atom stereocenters. The quantitative estimate of drug-likeness (QED) is 0.779. The van der Waals surface area contributed by atoms with E-state index in [0.717, 1.165) is 6.42 Å². The van der Waals surface area contributed by atoms with Gasteiger partial charge in [-0.3, -0.25) is 9.59 Å². The number of hydrogen-bond acceptors (Lipinski definition) is 2. The van der Waals surface area contributed by atoms with Crippen molar-refractivity contribution in [1.82, 2.24) is 4.90 Å². The number of halogens is 2. The van der Waals surface area contributed by atoms with Gasteiger partial charge in [-0.25, -0.2) is 0 Å². The third-order valence-corrected chi connectivity index (χ3v) is 5.01. The molecule has 0 saturated carbocycles. The SMILES string of the molecule is CC(=O)N(CCC(=O)N1CCc2ccccc2C1)c1cc(Cl)cc(Cl)c1. The minimum absolute atomic E-state index is 0.0406. The minimum atomic E-state index is -0.153. The van der Waals surface area contributed by atoms with Crippen LogP contribution in [0.25, 0.3) is 0 Å². The number of benzene rings is 2. The van der Waals surface area contributed by atoms with Crippen molar-refractivity contribution in [3.05, 3.63) is 63.6 Å².